The number of unbranched alkanes of at least 4 members (excludes halogenated alkanes) is 3. The smallest absolute Gasteiger partial charge is 0.416 e. The lowest BCUT2D eigenvalue weighted by Gasteiger charge is -2.17. The lowest BCUT2D eigenvalue weighted by Crippen LogP contribution is -2.18. The number of benzene rings is 1. The van der Waals surface area contributed by atoms with Crippen molar-refractivity contribution in [2.45, 2.75) is 57.2 Å². The van der Waals surface area contributed by atoms with Gasteiger partial charge in [-0.25, -0.2) is 4.39 Å². The van der Waals surface area contributed by atoms with Gasteiger partial charge in [-0.05, 0) is 31.0 Å². The second-order valence-corrected chi connectivity index (χ2v) is 7.36. The zero-order valence-electron chi connectivity index (χ0n) is 15.8. The molecule has 0 unspecified atom stereocenters. The number of carboxylic acids is 1. The van der Waals surface area contributed by atoms with Gasteiger partial charge in [0.2, 0.25) is 0 Å². The molecule has 0 radical (unpaired) electrons. The van der Waals surface area contributed by atoms with Crippen molar-refractivity contribution >= 4 is 17.8 Å². The van der Waals surface area contributed by atoms with Crippen LogP contribution in [0.15, 0.2) is 24.3 Å². The summed E-state index contributed by atoms with van der Waals surface area (Å²) in [4.78, 5) is 22.7. The molecule has 0 heterocycles. The van der Waals surface area contributed by atoms with E-state index in [0.29, 0.717) is 37.8 Å². The maximum Gasteiger partial charge on any atom is 0.416 e. The van der Waals surface area contributed by atoms with Gasteiger partial charge in [0.1, 0.15) is 11.6 Å². The Morgan fingerprint density at radius 3 is 2.52 bits per heavy atom. The monoisotopic (exact) mass is 416 g/mol. The number of ketones is 1. The Labute approximate surface area is 166 Å². The Hall–Kier alpha value is -2.22. The average molecular weight is 416 g/mol. The maximum absolute atomic E-state index is 13.9. The molecule has 2 rings (SSSR count). The minimum atomic E-state index is -4.59. The number of hydrogen-bond donors (Lipinski definition) is 2. The molecular weight excluding hydrogens is 392 g/mol. The van der Waals surface area contributed by atoms with E-state index in [1.54, 1.807) is 0 Å². The van der Waals surface area contributed by atoms with Gasteiger partial charge < -0.3 is 10.2 Å². The summed E-state index contributed by atoms with van der Waals surface area (Å²) in [6, 6.07) is 2.10. The lowest BCUT2D eigenvalue weighted by atomic mass is 9.88. The van der Waals surface area contributed by atoms with Crippen LogP contribution in [-0.4, -0.2) is 28.1 Å². The second kappa shape index (κ2) is 10.0. The molecule has 1 aromatic carbocycles. The Balaban J connectivity index is 2.02. The van der Waals surface area contributed by atoms with Gasteiger partial charge in [-0.2, -0.15) is 13.2 Å². The van der Waals surface area contributed by atoms with Crippen molar-refractivity contribution < 1.29 is 37.4 Å². The van der Waals surface area contributed by atoms with E-state index in [1.165, 1.54) is 12.2 Å². The average Bonchev–Trinajstić information content (AvgIpc) is 2.89. The third kappa shape index (κ3) is 6.66. The number of alkyl halides is 3. The van der Waals surface area contributed by atoms with Crippen LogP contribution < -0.4 is 0 Å². The van der Waals surface area contributed by atoms with Gasteiger partial charge in [0.25, 0.3) is 0 Å². The largest absolute Gasteiger partial charge is 0.481 e. The zero-order valence-corrected chi connectivity index (χ0v) is 15.8. The fraction of sp³-hybridized carbons (Fsp3) is 0.524. The van der Waals surface area contributed by atoms with Gasteiger partial charge in [0.05, 0.1) is 11.7 Å². The molecule has 2 N–H and O–H groups in total. The van der Waals surface area contributed by atoms with Gasteiger partial charge in [0.15, 0.2) is 0 Å². The first-order chi connectivity index (χ1) is 13.6. The summed E-state index contributed by atoms with van der Waals surface area (Å²) >= 11 is 0. The highest BCUT2D eigenvalue weighted by Gasteiger charge is 2.39. The third-order valence-corrected chi connectivity index (χ3v) is 5.21. The van der Waals surface area contributed by atoms with Gasteiger partial charge in [-0.3, -0.25) is 9.59 Å². The number of rotatable bonds is 9. The summed E-state index contributed by atoms with van der Waals surface area (Å²) in [6.07, 6.45) is 0.284. The van der Waals surface area contributed by atoms with Gasteiger partial charge in [-0.15, -0.1) is 0 Å². The normalized spacial score (nSPS) is 22.5. The van der Waals surface area contributed by atoms with Crippen LogP contribution in [0.2, 0.25) is 0 Å². The molecule has 0 saturated heterocycles. The molecule has 1 aliphatic rings. The number of aliphatic hydroxyl groups excluding tert-OH is 1. The number of halogens is 4. The first kappa shape index (κ1) is 23.1. The van der Waals surface area contributed by atoms with Crippen LogP contribution in [0.3, 0.4) is 0 Å². The van der Waals surface area contributed by atoms with E-state index in [4.69, 9.17) is 5.11 Å². The molecule has 8 heteroatoms. The van der Waals surface area contributed by atoms with Gasteiger partial charge >= 0.3 is 12.1 Å². The van der Waals surface area contributed by atoms with Crippen LogP contribution in [0.5, 0.6) is 0 Å². The van der Waals surface area contributed by atoms with Crippen molar-refractivity contribution in [3.8, 4) is 0 Å². The summed E-state index contributed by atoms with van der Waals surface area (Å²) in [5, 5.41) is 18.8. The Kier molecular flexibility index (Phi) is 7.96. The number of aliphatic hydroxyl groups is 1. The molecule has 0 spiro atoms. The summed E-state index contributed by atoms with van der Waals surface area (Å²) in [5.41, 5.74) is -1.22. The second-order valence-electron chi connectivity index (χ2n) is 7.36. The minimum absolute atomic E-state index is 0.0379. The molecule has 1 saturated carbocycles. The highest BCUT2D eigenvalue weighted by Crippen LogP contribution is 2.35. The Morgan fingerprint density at radius 2 is 1.86 bits per heavy atom. The Bertz CT molecular complexity index is 758. The molecule has 0 aromatic heterocycles. The van der Waals surface area contributed by atoms with Gasteiger partial charge in [-0.1, -0.05) is 31.4 Å². The van der Waals surface area contributed by atoms with Crippen molar-refractivity contribution in [3.05, 3.63) is 41.2 Å². The van der Waals surface area contributed by atoms with Crippen LogP contribution in [0.25, 0.3) is 6.08 Å². The fourth-order valence-corrected chi connectivity index (χ4v) is 3.65. The van der Waals surface area contributed by atoms with Crippen molar-refractivity contribution in [1.82, 2.24) is 0 Å². The minimum Gasteiger partial charge on any atom is -0.481 e. The van der Waals surface area contributed by atoms with E-state index in [1.807, 2.05) is 0 Å². The van der Waals surface area contributed by atoms with E-state index in [2.05, 4.69) is 0 Å². The SMILES string of the molecule is O=C(O)CCCCCC[C@@H]1C(=O)C[C@@H](O)[C@H]1C=Cc1cc(C(F)(F)F)ccc1F. The molecule has 0 amide bonds. The van der Waals surface area contributed by atoms with Crippen LogP contribution in [-0.2, 0) is 15.8 Å². The van der Waals surface area contributed by atoms with Crippen molar-refractivity contribution in [1.29, 1.82) is 0 Å². The third-order valence-electron chi connectivity index (χ3n) is 5.21. The quantitative estimate of drug-likeness (QED) is 0.446. The van der Waals surface area contributed by atoms with Crippen LogP contribution in [0, 0.1) is 17.7 Å². The van der Waals surface area contributed by atoms with E-state index in [0.717, 1.165) is 12.5 Å². The van der Waals surface area contributed by atoms with Gasteiger partial charge in [0, 0.05) is 30.2 Å². The van der Waals surface area contributed by atoms with Crippen molar-refractivity contribution in [3.63, 3.8) is 0 Å². The highest BCUT2D eigenvalue weighted by atomic mass is 19.4. The van der Waals surface area contributed by atoms with E-state index < -0.39 is 41.5 Å². The zero-order chi connectivity index (χ0) is 21.6. The molecule has 0 aliphatic heterocycles. The van der Waals surface area contributed by atoms with Crippen LogP contribution in [0.1, 0.15) is 56.1 Å². The maximum atomic E-state index is 13.9. The topological polar surface area (TPSA) is 74.6 Å². The molecule has 4 nitrogen and oxygen atoms in total. The summed E-state index contributed by atoms with van der Waals surface area (Å²) in [6.45, 7) is 0. The summed E-state index contributed by atoms with van der Waals surface area (Å²) in [7, 11) is 0. The van der Waals surface area contributed by atoms with E-state index in [-0.39, 0.29) is 24.2 Å². The van der Waals surface area contributed by atoms with Crippen LogP contribution >= 0.6 is 0 Å². The van der Waals surface area contributed by atoms with Crippen molar-refractivity contribution in [2.75, 3.05) is 0 Å². The number of carbonyl (C=O) groups excluding carboxylic acids is 1. The molecule has 1 aliphatic carbocycles. The lowest BCUT2D eigenvalue weighted by molar-refractivity contribution is -0.138. The first-order valence-corrected chi connectivity index (χ1v) is 9.57. The molecule has 0 bridgehead atoms. The number of hydrogen-bond acceptors (Lipinski definition) is 3. The molecule has 160 valence electrons. The Morgan fingerprint density at radius 1 is 1.17 bits per heavy atom. The molecule has 1 aromatic rings. The fourth-order valence-electron chi connectivity index (χ4n) is 3.65. The molecule has 3 atom stereocenters. The molecule has 29 heavy (non-hydrogen) atoms. The van der Waals surface area contributed by atoms with E-state index >= 15 is 0 Å². The molecular formula is C21H24F4O4. The first-order valence-electron chi connectivity index (χ1n) is 9.57. The summed E-state index contributed by atoms with van der Waals surface area (Å²) < 4.78 is 52.4. The number of carbonyl (C=O) groups is 2. The van der Waals surface area contributed by atoms with Crippen molar-refractivity contribution in [2.24, 2.45) is 11.8 Å². The summed E-state index contributed by atoms with van der Waals surface area (Å²) in [5.74, 6) is -2.86. The van der Waals surface area contributed by atoms with Crippen LogP contribution in [0.4, 0.5) is 17.6 Å². The predicted molar refractivity (Wildman–Crippen MR) is 98.4 cm³/mol. The number of carboxylic acid groups (broad SMARTS) is 1. The number of Topliss-reactive ketones (excluding diaryl/α,β-unsaturated/α-hetero) is 1. The highest BCUT2D eigenvalue weighted by molar-refractivity contribution is 5.85. The van der Waals surface area contributed by atoms with E-state index in [9.17, 15) is 32.3 Å². The number of aliphatic carboxylic acids is 1. The molecule has 1 fully saturated rings. The predicted octanol–water partition coefficient (Wildman–Crippen LogP) is 4.85. The standard InChI is InChI=1S/C21H24F4O4/c22-17-10-8-14(21(23,24)25)11-13(17)7-9-16-15(18(26)12-19(16)27)5-3-1-2-4-6-20(28)29/h7-11,15-16,19,27H,1-6,12H2,(H,28,29)/t15-,16-,19+/m0/s1.